The van der Waals surface area contributed by atoms with Crippen LogP contribution in [0, 0.1) is 6.92 Å². The van der Waals surface area contributed by atoms with Gasteiger partial charge in [0.25, 0.3) is 5.89 Å². The highest BCUT2D eigenvalue weighted by molar-refractivity contribution is 5.91. The zero-order valence-electron chi connectivity index (χ0n) is 17.1. The molecule has 0 bridgehead atoms. The van der Waals surface area contributed by atoms with Gasteiger partial charge >= 0.3 is 0 Å². The molecule has 31 heavy (non-hydrogen) atoms. The van der Waals surface area contributed by atoms with Crippen molar-refractivity contribution in [1.82, 2.24) is 34.9 Å². The predicted octanol–water partition coefficient (Wildman–Crippen LogP) is 3.46. The molecule has 0 unspecified atom stereocenters. The van der Waals surface area contributed by atoms with Crippen LogP contribution in [-0.4, -0.2) is 34.9 Å². The van der Waals surface area contributed by atoms with Crippen molar-refractivity contribution in [1.29, 1.82) is 0 Å². The largest absolute Gasteiger partial charge is 0.365 e. The third-order valence-electron chi connectivity index (χ3n) is 5.64. The van der Waals surface area contributed by atoms with Crippen LogP contribution in [0.2, 0.25) is 0 Å². The first-order valence-electron chi connectivity index (χ1n) is 10.0. The molecule has 1 aliphatic heterocycles. The van der Waals surface area contributed by atoms with E-state index in [1.807, 2.05) is 36.0 Å². The van der Waals surface area contributed by atoms with Gasteiger partial charge in [0, 0.05) is 12.4 Å². The summed E-state index contributed by atoms with van der Waals surface area (Å²) in [6.07, 6.45) is -0.0663. The molecule has 3 aromatic heterocycles. The summed E-state index contributed by atoms with van der Waals surface area (Å²) in [5, 5.41) is 18.3. The summed E-state index contributed by atoms with van der Waals surface area (Å²) in [6.45, 7) is 3.03. The maximum absolute atomic E-state index is 6.10. The van der Waals surface area contributed by atoms with Gasteiger partial charge in [0.2, 0.25) is 5.82 Å². The Morgan fingerprint density at radius 2 is 1.87 bits per heavy atom. The van der Waals surface area contributed by atoms with Crippen molar-refractivity contribution in [2.24, 2.45) is 7.05 Å². The highest BCUT2D eigenvalue weighted by Crippen LogP contribution is 2.32. The first-order valence-corrected chi connectivity index (χ1v) is 10.0. The molecular weight excluding hydrogens is 394 g/mol. The maximum Gasteiger partial charge on any atom is 0.279 e. The van der Waals surface area contributed by atoms with Crippen molar-refractivity contribution >= 4 is 10.9 Å². The Hall–Kier alpha value is -3.85. The molecule has 9 heteroatoms. The highest BCUT2D eigenvalue weighted by Gasteiger charge is 2.28. The smallest absolute Gasteiger partial charge is 0.279 e. The monoisotopic (exact) mass is 413 g/mol. The quantitative estimate of drug-likeness (QED) is 0.447. The van der Waals surface area contributed by atoms with Gasteiger partial charge in [-0.15, -0.1) is 5.10 Å². The zero-order valence-corrected chi connectivity index (χ0v) is 17.1. The SMILES string of the molecule is Cc1ccc([C@@H]2Cn3nnc(-c4noc(-c5nn(C)c6ccccc56)n4)c3CO2)cc1. The van der Waals surface area contributed by atoms with Gasteiger partial charge in [-0.2, -0.15) is 10.1 Å². The van der Waals surface area contributed by atoms with Gasteiger partial charge in [0.05, 0.1) is 24.4 Å². The molecule has 0 N–H and O–H groups in total. The van der Waals surface area contributed by atoms with Crippen LogP contribution in [-0.2, 0) is 24.9 Å². The Morgan fingerprint density at radius 3 is 2.74 bits per heavy atom. The van der Waals surface area contributed by atoms with E-state index >= 15 is 0 Å². The van der Waals surface area contributed by atoms with Gasteiger partial charge in [-0.1, -0.05) is 58.4 Å². The van der Waals surface area contributed by atoms with Gasteiger partial charge in [0.15, 0.2) is 11.4 Å². The Bertz CT molecular complexity index is 1400. The number of nitrogens with zero attached hydrogens (tertiary/aromatic N) is 7. The number of aromatic nitrogens is 7. The number of benzene rings is 2. The van der Waals surface area contributed by atoms with Crippen molar-refractivity contribution in [3.63, 3.8) is 0 Å². The van der Waals surface area contributed by atoms with Gasteiger partial charge in [-0.25, -0.2) is 4.68 Å². The Balaban J connectivity index is 1.31. The second kappa shape index (κ2) is 6.85. The summed E-state index contributed by atoms with van der Waals surface area (Å²) in [4.78, 5) is 4.56. The van der Waals surface area contributed by atoms with Crippen LogP contribution in [0.25, 0.3) is 34.0 Å². The van der Waals surface area contributed by atoms with Crippen LogP contribution in [0.15, 0.2) is 53.1 Å². The minimum Gasteiger partial charge on any atom is -0.365 e. The average Bonchev–Trinajstić information content (AvgIpc) is 3.51. The van der Waals surface area contributed by atoms with Gasteiger partial charge in [-0.3, -0.25) is 4.68 Å². The molecule has 2 aromatic carbocycles. The normalized spacial score (nSPS) is 16.0. The van der Waals surface area contributed by atoms with Crippen LogP contribution < -0.4 is 0 Å². The molecule has 1 aliphatic rings. The molecule has 4 heterocycles. The Kier molecular flexibility index (Phi) is 3.97. The fraction of sp³-hybridized carbons (Fsp3) is 0.227. The summed E-state index contributed by atoms with van der Waals surface area (Å²) in [5.74, 6) is 0.728. The number of para-hydroxylation sites is 1. The van der Waals surface area contributed by atoms with E-state index in [0.717, 1.165) is 22.2 Å². The van der Waals surface area contributed by atoms with Crippen LogP contribution >= 0.6 is 0 Å². The molecule has 0 radical (unpaired) electrons. The number of fused-ring (bicyclic) bond motifs is 2. The number of hydrogen-bond acceptors (Lipinski definition) is 7. The number of aryl methyl sites for hydroxylation is 2. The molecular formula is C22H19N7O2. The van der Waals surface area contributed by atoms with Gasteiger partial charge < -0.3 is 9.26 Å². The number of ether oxygens (including phenoxy) is 1. The van der Waals surface area contributed by atoms with Crippen LogP contribution in [0.4, 0.5) is 0 Å². The lowest BCUT2D eigenvalue weighted by Crippen LogP contribution is -2.22. The van der Waals surface area contributed by atoms with Crippen LogP contribution in [0.5, 0.6) is 0 Å². The van der Waals surface area contributed by atoms with Gasteiger partial charge in [0.1, 0.15) is 6.10 Å². The third kappa shape index (κ3) is 2.93. The Labute approximate surface area is 177 Å². The highest BCUT2D eigenvalue weighted by atomic mass is 16.5. The molecule has 5 aromatic rings. The number of hydrogen-bond donors (Lipinski definition) is 0. The van der Waals surface area contributed by atoms with Crippen molar-refractivity contribution in [2.75, 3.05) is 0 Å². The van der Waals surface area contributed by atoms with Crippen molar-refractivity contribution < 1.29 is 9.26 Å². The van der Waals surface area contributed by atoms with E-state index in [0.29, 0.717) is 36.3 Å². The second-order valence-corrected chi connectivity index (χ2v) is 7.69. The third-order valence-corrected chi connectivity index (χ3v) is 5.64. The van der Waals surface area contributed by atoms with E-state index in [-0.39, 0.29) is 6.10 Å². The molecule has 0 saturated heterocycles. The summed E-state index contributed by atoms with van der Waals surface area (Å²) >= 11 is 0. The standard InChI is InChI=1S/C22H19N7O2/c1-13-7-9-14(10-8-13)18-11-29-17(12-30-18)20(24-27-29)21-23-22(31-26-21)19-15-5-3-4-6-16(15)28(2)25-19/h3-10,18H,11-12H2,1-2H3/t18-/m0/s1. The van der Waals surface area contributed by atoms with E-state index < -0.39 is 0 Å². The average molecular weight is 413 g/mol. The summed E-state index contributed by atoms with van der Waals surface area (Å²) in [5.41, 5.74) is 5.38. The predicted molar refractivity (Wildman–Crippen MR) is 112 cm³/mol. The molecule has 0 amide bonds. The summed E-state index contributed by atoms with van der Waals surface area (Å²) in [6, 6.07) is 16.3. The fourth-order valence-electron chi connectivity index (χ4n) is 3.96. The topological polar surface area (TPSA) is 96.7 Å². The van der Waals surface area contributed by atoms with E-state index in [4.69, 9.17) is 9.26 Å². The lowest BCUT2D eigenvalue weighted by Gasteiger charge is -2.24. The second-order valence-electron chi connectivity index (χ2n) is 7.69. The van der Waals surface area contributed by atoms with Gasteiger partial charge in [-0.05, 0) is 18.6 Å². The summed E-state index contributed by atoms with van der Waals surface area (Å²) in [7, 11) is 1.89. The lowest BCUT2D eigenvalue weighted by atomic mass is 10.1. The van der Waals surface area contributed by atoms with Crippen molar-refractivity contribution in [3.8, 4) is 23.1 Å². The van der Waals surface area contributed by atoms with Crippen LogP contribution in [0.3, 0.4) is 0 Å². The van der Waals surface area contributed by atoms with E-state index in [1.54, 1.807) is 4.68 Å². The molecule has 154 valence electrons. The Morgan fingerprint density at radius 1 is 1.03 bits per heavy atom. The minimum atomic E-state index is -0.0663. The van der Waals surface area contributed by atoms with E-state index in [9.17, 15) is 0 Å². The maximum atomic E-state index is 6.10. The zero-order chi connectivity index (χ0) is 20.9. The molecule has 0 spiro atoms. The summed E-state index contributed by atoms with van der Waals surface area (Å²) < 4.78 is 15.3. The molecule has 9 nitrogen and oxygen atoms in total. The molecule has 0 fully saturated rings. The lowest BCUT2D eigenvalue weighted by molar-refractivity contribution is -0.00112. The first kappa shape index (κ1) is 18.0. The molecule has 0 aliphatic carbocycles. The van der Waals surface area contributed by atoms with E-state index in [2.05, 4.69) is 56.7 Å². The van der Waals surface area contributed by atoms with E-state index in [1.165, 1.54) is 5.56 Å². The molecule has 6 rings (SSSR count). The first-order chi connectivity index (χ1) is 15.2. The number of rotatable bonds is 3. The van der Waals surface area contributed by atoms with Crippen molar-refractivity contribution in [3.05, 3.63) is 65.4 Å². The van der Waals surface area contributed by atoms with Crippen LogP contribution in [0.1, 0.15) is 22.9 Å². The molecule has 1 atom stereocenters. The molecule has 0 saturated carbocycles. The van der Waals surface area contributed by atoms with Crippen molar-refractivity contribution in [2.45, 2.75) is 26.2 Å². The minimum absolute atomic E-state index is 0.0663. The fourth-order valence-corrected chi connectivity index (χ4v) is 3.96.